The molecular weight excluding hydrogens is 496 g/mol. The minimum Gasteiger partial charge on any atom is -0.487 e. The third-order valence-electron chi connectivity index (χ3n) is 7.06. The van der Waals surface area contributed by atoms with Gasteiger partial charge in [0.2, 0.25) is 0 Å². The Kier molecular flexibility index (Phi) is 6.71. The third-order valence-corrected chi connectivity index (χ3v) is 8.56. The number of halogens is 1. The molecule has 0 radical (unpaired) electrons. The predicted molar refractivity (Wildman–Crippen MR) is 155 cm³/mol. The number of thioether (sulfide) groups is 1. The van der Waals surface area contributed by atoms with Crippen LogP contribution in [0.15, 0.2) is 90.0 Å². The monoisotopic (exact) mass is 524 g/mol. The summed E-state index contributed by atoms with van der Waals surface area (Å²) in [5, 5.41) is 2.63. The van der Waals surface area contributed by atoms with Gasteiger partial charge in [0.1, 0.15) is 12.4 Å². The van der Waals surface area contributed by atoms with Crippen molar-refractivity contribution in [2.24, 2.45) is 0 Å². The lowest BCUT2D eigenvalue weighted by Crippen LogP contribution is -2.09. The van der Waals surface area contributed by atoms with Crippen molar-refractivity contribution in [1.82, 2.24) is 9.55 Å². The van der Waals surface area contributed by atoms with Crippen LogP contribution in [-0.4, -0.2) is 14.8 Å². The van der Waals surface area contributed by atoms with E-state index in [4.69, 9.17) is 16.3 Å². The van der Waals surface area contributed by atoms with Gasteiger partial charge in [-0.1, -0.05) is 74.0 Å². The van der Waals surface area contributed by atoms with Crippen molar-refractivity contribution in [2.45, 2.75) is 50.0 Å². The summed E-state index contributed by atoms with van der Waals surface area (Å²) in [4.78, 5) is 6.09. The molecular formula is C32H29ClN2OS. The van der Waals surface area contributed by atoms with Crippen molar-refractivity contribution < 1.29 is 4.74 Å². The maximum Gasteiger partial charge on any atom is 0.130 e. The quantitative estimate of drug-likeness (QED) is 0.213. The Morgan fingerprint density at radius 2 is 1.78 bits per heavy atom. The highest BCUT2D eigenvalue weighted by molar-refractivity contribution is 8.00. The van der Waals surface area contributed by atoms with Crippen LogP contribution in [0.5, 0.6) is 5.75 Å². The molecule has 3 aromatic carbocycles. The van der Waals surface area contributed by atoms with Crippen LogP contribution in [0.25, 0.3) is 22.0 Å². The van der Waals surface area contributed by atoms with Crippen LogP contribution in [0.3, 0.4) is 0 Å². The fraction of sp³-hybridized carbons (Fsp3) is 0.219. The molecule has 0 spiro atoms. The van der Waals surface area contributed by atoms with Gasteiger partial charge in [0.05, 0.1) is 11.2 Å². The van der Waals surface area contributed by atoms with Crippen molar-refractivity contribution >= 4 is 34.3 Å². The smallest absolute Gasteiger partial charge is 0.130 e. The predicted octanol–water partition coefficient (Wildman–Crippen LogP) is 8.58. The molecule has 5 heteroatoms. The number of aromatic nitrogens is 2. The summed E-state index contributed by atoms with van der Waals surface area (Å²) in [6.07, 6.45) is 3.92. The van der Waals surface area contributed by atoms with Gasteiger partial charge in [0.15, 0.2) is 0 Å². The molecule has 0 aliphatic carbocycles. The number of ether oxygens (including phenoxy) is 1. The fourth-order valence-electron chi connectivity index (χ4n) is 5.27. The molecule has 0 bridgehead atoms. The summed E-state index contributed by atoms with van der Waals surface area (Å²) in [7, 11) is 0. The summed E-state index contributed by atoms with van der Waals surface area (Å²) < 4.78 is 8.91. The number of nitrogens with zero attached hydrogens (tertiary/aromatic N) is 2. The highest BCUT2D eigenvalue weighted by Crippen LogP contribution is 2.47. The van der Waals surface area contributed by atoms with E-state index in [2.05, 4.69) is 71.9 Å². The molecule has 0 amide bonds. The second-order valence-corrected chi connectivity index (χ2v) is 11.5. The topological polar surface area (TPSA) is 27.1 Å². The molecule has 1 aliphatic heterocycles. The first-order chi connectivity index (χ1) is 18.1. The molecule has 0 saturated heterocycles. The van der Waals surface area contributed by atoms with E-state index in [1.165, 1.54) is 38.2 Å². The Morgan fingerprint density at radius 3 is 2.51 bits per heavy atom. The summed E-state index contributed by atoms with van der Waals surface area (Å²) in [6, 6.07) is 27.1. The average molecular weight is 525 g/mol. The molecule has 3 nitrogen and oxygen atoms in total. The van der Waals surface area contributed by atoms with Gasteiger partial charge in [-0.3, -0.25) is 4.98 Å². The number of hydrogen-bond acceptors (Lipinski definition) is 3. The van der Waals surface area contributed by atoms with Gasteiger partial charge in [-0.05, 0) is 54.3 Å². The highest BCUT2D eigenvalue weighted by atomic mass is 35.5. The largest absolute Gasteiger partial charge is 0.487 e. The van der Waals surface area contributed by atoms with E-state index >= 15 is 0 Å². The van der Waals surface area contributed by atoms with Crippen LogP contribution in [0.2, 0.25) is 5.02 Å². The fourth-order valence-corrected chi connectivity index (χ4v) is 6.78. The zero-order valence-corrected chi connectivity index (χ0v) is 22.6. The van der Waals surface area contributed by atoms with E-state index in [-0.39, 0.29) is 0 Å². The summed E-state index contributed by atoms with van der Waals surface area (Å²) in [6.45, 7) is 5.86. The number of rotatable bonds is 7. The van der Waals surface area contributed by atoms with Crippen LogP contribution < -0.4 is 4.74 Å². The van der Waals surface area contributed by atoms with Gasteiger partial charge >= 0.3 is 0 Å². The SMILES string of the molecule is CCc1c2c3c(c(OCc4ccc(-c5ccccc5)cn4)ccc3n1Cc1ccc(Cl)cc1)CC(C)S2. The normalized spacial score (nSPS) is 14.7. The van der Waals surface area contributed by atoms with E-state index in [0.717, 1.165) is 41.4 Å². The van der Waals surface area contributed by atoms with Crippen molar-refractivity contribution in [2.75, 3.05) is 0 Å². The Morgan fingerprint density at radius 1 is 0.973 bits per heavy atom. The second kappa shape index (κ2) is 10.3. The minimum absolute atomic E-state index is 0.455. The van der Waals surface area contributed by atoms with Gasteiger partial charge in [-0.25, -0.2) is 0 Å². The molecule has 2 aromatic heterocycles. The van der Waals surface area contributed by atoms with Gasteiger partial charge in [-0.2, -0.15) is 0 Å². The maximum atomic E-state index is 6.42. The van der Waals surface area contributed by atoms with E-state index in [0.29, 0.717) is 11.9 Å². The van der Waals surface area contributed by atoms with Crippen molar-refractivity contribution in [1.29, 1.82) is 0 Å². The van der Waals surface area contributed by atoms with Crippen LogP contribution in [0.4, 0.5) is 0 Å². The zero-order chi connectivity index (χ0) is 25.4. The molecule has 5 aromatic rings. The maximum absolute atomic E-state index is 6.42. The Bertz CT molecular complexity index is 1540. The lowest BCUT2D eigenvalue weighted by molar-refractivity contribution is 0.298. The van der Waals surface area contributed by atoms with Gasteiger partial charge in [0.25, 0.3) is 0 Å². The summed E-state index contributed by atoms with van der Waals surface area (Å²) in [5.41, 5.74) is 8.49. The van der Waals surface area contributed by atoms with Crippen LogP contribution >= 0.6 is 23.4 Å². The lowest BCUT2D eigenvalue weighted by Gasteiger charge is -2.22. The van der Waals surface area contributed by atoms with Crippen LogP contribution in [0.1, 0.15) is 36.4 Å². The minimum atomic E-state index is 0.455. The van der Waals surface area contributed by atoms with Crippen molar-refractivity contribution in [3.8, 4) is 16.9 Å². The van der Waals surface area contributed by atoms with E-state index in [1.54, 1.807) is 0 Å². The van der Waals surface area contributed by atoms with Gasteiger partial charge in [-0.15, -0.1) is 11.8 Å². The first kappa shape index (κ1) is 24.1. The Hall–Kier alpha value is -3.21. The van der Waals surface area contributed by atoms with Crippen LogP contribution in [0, 0.1) is 0 Å². The first-order valence-electron chi connectivity index (χ1n) is 12.8. The summed E-state index contributed by atoms with van der Waals surface area (Å²) >= 11 is 8.14. The van der Waals surface area contributed by atoms with E-state index in [9.17, 15) is 0 Å². The number of hydrogen-bond donors (Lipinski definition) is 0. The van der Waals surface area contributed by atoms with E-state index in [1.807, 2.05) is 48.3 Å². The highest BCUT2D eigenvalue weighted by Gasteiger charge is 2.28. The molecule has 6 rings (SSSR count). The van der Waals surface area contributed by atoms with E-state index < -0.39 is 0 Å². The van der Waals surface area contributed by atoms with Gasteiger partial charge < -0.3 is 9.30 Å². The molecule has 1 unspecified atom stereocenters. The molecule has 3 heterocycles. The molecule has 0 fully saturated rings. The standard InChI is InChI=1S/C32H29ClN2OS/c1-3-28-32-31-27(17-21(2)37-32)30(16-15-29(31)35(28)19-22-9-12-25(33)13-10-22)36-20-26-14-11-24(18-34-26)23-7-5-4-6-8-23/h4-16,18,21H,3,17,19-20H2,1-2H3. The average Bonchev–Trinajstić information content (AvgIpc) is 3.22. The molecule has 186 valence electrons. The number of pyridine rings is 1. The second-order valence-electron chi connectivity index (χ2n) is 9.60. The third kappa shape index (κ3) is 4.76. The molecule has 1 aliphatic rings. The molecule has 1 atom stereocenters. The van der Waals surface area contributed by atoms with Crippen molar-refractivity contribution in [3.63, 3.8) is 0 Å². The van der Waals surface area contributed by atoms with Gasteiger partial charge in [0, 0.05) is 50.1 Å². The van der Waals surface area contributed by atoms with Crippen molar-refractivity contribution in [3.05, 3.63) is 113 Å². The van der Waals surface area contributed by atoms with Crippen LogP contribution in [-0.2, 0) is 26.0 Å². The zero-order valence-electron chi connectivity index (χ0n) is 21.1. The number of benzene rings is 3. The first-order valence-corrected chi connectivity index (χ1v) is 14.1. The summed E-state index contributed by atoms with van der Waals surface area (Å²) in [5.74, 6) is 0.973. The molecule has 37 heavy (non-hydrogen) atoms. The Labute approximate surface area is 227 Å². The lowest BCUT2D eigenvalue weighted by atomic mass is 10.0. The Balaban J connectivity index is 1.31. The molecule has 0 N–H and O–H groups in total. The molecule has 0 saturated carbocycles.